The molecule has 0 aliphatic rings. The molecule has 0 saturated heterocycles. The molecule has 138 valence electrons. The Morgan fingerprint density at radius 3 is 1.61 bits per heavy atom. The van der Waals surface area contributed by atoms with Gasteiger partial charge in [0.05, 0.1) is 11.0 Å². The standard InChI is InChI=1S/C22H16N2O4/c25-21(27-13-15-5-7-19-17(11-15)3-1-9-23-19)22(26)28-14-16-6-8-20-18(12-16)4-2-10-24-20/h1-12H,13-14H2. The van der Waals surface area contributed by atoms with Crippen LogP contribution >= 0.6 is 0 Å². The Hall–Kier alpha value is -3.80. The van der Waals surface area contributed by atoms with Crippen LogP contribution in [-0.4, -0.2) is 21.9 Å². The summed E-state index contributed by atoms with van der Waals surface area (Å²) in [5.74, 6) is -2.04. The molecule has 2 aromatic carbocycles. The van der Waals surface area contributed by atoms with E-state index >= 15 is 0 Å². The molecule has 0 unspecified atom stereocenters. The zero-order chi connectivity index (χ0) is 19.3. The van der Waals surface area contributed by atoms with Crippen molar-refractivity contribution in [2.24, 2.45) is 0 Å². The number of hydrogen-bond donors (Lipinski definition) is 0. The third-order valence-electron chi connectivity index (χ3n) is 4.24. The van der Waals surface area contributed by atoms with E-state index in [1.807, 2.05) is 48.5 Å². The lowest BCUT2D eigenvalue weighted by molar-refractivity contribution is -0.169. The van der Waals surface area contributed by atoms with E-state index in [-0.39, 0.29) is 13.2 Å². The van der Waals surface area contributed by atoms with E-state index < -0.39 is 11.9 Å². The summed E-state index contributed by atoms with van der Waals surface area (Å²) in [6.45, 7) is -0.0270. The quantitative estimate of drug-likeness (QED) is 0.403. The Kier molecular flexibility index (Phi) is 4.93. The molecule has 4 rings (SSSR count). The van der Waals surface area contributed by atoms with Gasteiger partial charge in [0.1, 0.15) is 13.2 Å². The maximum Gasteiger partial charge on any atom is 0.417 e. The molecular formula is C22H16N2O4. The van der Waals surface area contributed by atoms with E-state index in [1.54, 1.807) is 24.5 Å². The number of rotatable bonds is 4. The highest BCUT2D eigenvalue weighted by atomic mass is 16.6. The molecule has 28 heavy (non-hydrogen) atoms. The molecule has 4 aromatic rings. The fourth-order valence-corrected chi connectivity index (χ4v) is 2.85. The first-order chi connectivity index (χ1) is 13.7. The second kappa shape index (κ2) is 7.84. The van der Waals surface area contributed by atoms with Crippen LogP contribution in [0.5, 0.6) is 0 Å². The number of carbonyl (C=O) groups excluding carboxylic acids is 2. The summed E-state index contributed by atoms with van der Waals surface area (Å²) < 4.78 is 10.1. The highest BCUT2D eigenvalue weighted by Crippen LogP contribution is 2.15. The van der Waals surface area contributed by atoms with Gasteiger partial charge in [0.15, 0.2) is 0 Å². The number of ether oxygens (including phenoxy) is 2. The van der Waals surface area contributed by atoms with Crippen LogP contribution in [0.3, 0.4) is 0 Å². The molecule has 0 amide bonds. The summed E-state index contributed by atoms with van der Waals surface area (Å²) in [4.78, 5) is 32.3. The molecule has 0 saturated carbocycles. The molecule has 0 bridgehead atoms. The normalized spacial score (nSPS) is 10.7. The highest BCUT2D eigenvalue weighted by Gasteiger charge is 2.17. The van der Waals surface area contributed by atoms with Crippen molar-refractivity contribution in [3.05, 3.63) is 84.2 Å². The minimum Gasteiger partial charge on any atom is -0.452 e. The van der Waals surface area contributed by atoms with Crippen LogP contribution in [0.1, 0.15) is 11.1 Å². The monoisotopic (exact) mass is 372 g/mol. The van der Waals surface area contributed by atoms with Crippen LogP contribution < -0.4 is 0 Å². The third-order valence-corrected chi connectivity index (χ3v) is 4.24. The van der Waals surface area contributed by atoms with Crippen molar-refractivity contribution in [2.45, 2.75) is 13.2 Å². The van der Waals surface area contributed by atoms with Crippen LogP contribution in [0.25, 0.3) is 21.8 Å². The summed E-state index contributed by atoms with van der Waals surface area (Å²) in [6.07, 6.45) is 3.42. The topological polar surface area (TPSA) is 78.4 Å². The lowest BCUT2D eigenvalue weighted by atomic mass is 10.1. The van der Waals surface area contributed by atoms with Gasteiger partial charge in [0.2, 0.25) is 0 Å². The minimum atomic E-state index is -1.02. The smallest absolute Gasteiger partial charge is 0.417 e. The van der Waals surface area contributed by atoms with Crippen LogP contribution in [0, 0.1) is 0 Å². The number of esters is 2. The fourth-order valence-electron chi connectivity index (χ4n) is 2.85. The Balaban J connectivity index is 1.32. The molecule has 6 heteroatoms. The Morgan fingerprint density at radius 1 is 0.679 bits per heavy atom. The molecule has 0 fully saturated rings. The van der Waals surface area contributed by atoms with Gasteiger partial charge in [-0.15, -0.1) is 0 Å². The summed E-state index contributed by atoms with van der Waals surface area (Å²) in [5, 5.41) is 1.87. The number of aromatic nitrogens is 2. The first-order valence-electron chi connectivity index (χ1n) is 8.70. The molecule has 0 spiro atoms. The second-order valence-electron chi connectivity index (χ2n) is 6.21. The molecule has 2 heterocycles. The maximum absolute atomic E-state index is 11.9. The van der Waals surface area contributed by atoms with Crippen LogP contribution in [0.4, 0.5) is 0 Å². The predicted molar refractivity (Wildman–Crippen MR) is 103 cm³/mol. The lowest BCUT2D eigenvalue weighted by Crippen LogP contribution is -2.20. The molecule has 0 radical (unpaired) electrons. The molecule has 6 nitrogen and oxygen atoms in total. The van der Waals surface area contributed by atoms with Crippen molar-refractivity contribution < 1.29 is 19.1 Å². The zero-order valence-corrected chi connectivity index (χ0v) is 14.9. The van der Waals surface area contributed by atoms with Gasteiger partial charge in [-0.3, -0.25) is 9.97 Å². The lowest BCUT2D eigenvalue weighted by Gasteiger charge is -2.07. The van der Waals surface area contributed by atoms with Crippen LogP contribution in [-0.2, 0) is 32.3 Å². The fraction of sp³-hybridized carbons (Fsp3) is 0.0909. The minimum absolute atomic E-state index is 0.0135. The molecule has 0 aliphatic carbocycles. The Labute approximate surface area is 160 Å². The molecule has 0 N–H and O–H groups in total. The van der Waals surface area contributed by atoms with Gasteiger partial charge in [0, 0.05) is 23.2 Å². The van der Waals surface area contributed by atoms with Crippen molar-refractivity contribution in [3.8, 4) is 0 Å². The van der Waals surface area contributed by atoms with Crippen LogP contribution in [0.2, 0.25) is 0 Å². The van der Waals surface area contributed by atoms with Gasteiger partial charge in [-0.25, -0.2) is 9.59 Å². The summed E-state index contributed by atoms with van der Waals surface area (Å²) in [5.41, 5.74) is 3.23. The largest absolute Gasteiger partial charge is 0.452 e. The van der Waals surface area contributed by atoms with Gasteiger partial charge in [-0.2, -0.15) is 0 Å². The molecule has 0 aliphatic heterocycles. The number of hydrogen-bond acceptors (Lipinski definition) is 6. The van der Waals surface area contributed by atoms with Gasteiger partial charge in [-0.1, -0.05) is 24.3 Å². The molecular weight excluding hydrogens is 356 g/mol. The highest BCUT2D eigenvalue weighted by molar-refractivity contribution is 6.29. The average Bonchev–Trinajstić information content (AvgIpc) is 2.75. The van der Waals surface area contributed by atoms with E-state index in [2.05, 4.69) is 9.97 Å². The number of pyridine rings is 2. The maximum atomic E-state index is 11.9. The number of carbonyl (C=O) groups is 2. The van der Waals surface area contributed by atoms with E-state index in [1.165, 1.54) is 0 Å². The summed E-state index contributed by atoms with van der Waals surface area (Å²) in [6, 6.07) is 18.5. The first-order valence-corrected chi connectivity index (χ1v) is 8.70. The van der Waals surface area contributed by atoms with E-state index in [4.69, 9.17) is 9.47 Å². The van der Waals surface area contributed by atoms with E-state index in [0.29, 0.717) is 0 Å². The Morgan fingerprint density at radius 2 is 1.14 bits per heavy atom. The number of nitrogens with zero attached hydrogens (tertiary/aromatic N) is 2. The van der Waals surface area contributed by atoms with Crippen molar-refractivity contribution in [3.63, 3.8) is 0 Å². The van der Waals surface area contributed by atoms with Crippen LogP contribution in [0.15, 0.2) is 73.1 Å². The second-order valence-corrected chi connectivity index (χ2v) is 6.21. The van der Waals surface area contributed by atoms with E-state index in [9.17, 15) is 9.59 Å². The third kappa shape index (κ3) is 3.96. The predicted octanol–water partition coefficient (Wildman–Crippen LogP) is 3.57. The zero-order valence-electron chi connectivity index (χ0n) is 14.9. The molecule has 0 atom stereocenters. The SMILES string of the molecule is O=C(OCc1ccc2ncccc2c1)C(=O)OCc1ccc2ncccc2c1. The first kappa shape index (κ1) is 17.6. The van der Waals surface area contributed by atoms with Gasteiger partial charge in [-0.05, 0) is 47.5 Å². The van der Waals surface area contributed by atoms with Crippen molar-refractivity contribution in [2.75, 3.05) is 0 Å². The average molecular weight is 372 g/mol. The van der Waals surface area contributed by atoms with Crippen molar-refractivity contribution in [1.29, 1.82) is 0 Å². The van der Waals surface area contributed by atoms with E-state index in [0.717, 1.165) is 32.9 Å². The molecule has 2 aromatic heterocycles. The van der Waals surface area contributed by atoms with Gasteiger partial charge in [0.25, 0.3) is 0 Å². The number of fused-ring (bicyclic) bond motifs is 2. The van der Waals surface area contributed by atoms with Crippen molar-refractivity contribution in [1.82, 2.24) is 9.97 Å². The summed E-state index contributed by atoms with van der Waals surface area (Å²) >= 11 is 0. The van der Waals surface area contributed by atoms with Gasteiger partial charge < -0.3 is 9.47 Å². The van der Waals surface area contributed by atoms with Crippen molar-refractivity contribution >= 4 is 33.7 Å². The number of benzene rings is 2. The van der Waals surface area contributed by atoms with Gasteiger partial charge >= 0.3 is 11.9 Å². The Bertz CT molecular complexity index is 1080. The summed E-state index contributed by atoms with van der Waals surface area (Å²) in [7, 11) is 0.